The van der Waals surface area contributed by atoms with Crippen LogP contribution in [0.3, 0.4) is 0 Å². The van der Waals surface area contributed by atoms with E-state index in [9.17, 15) is 14.9 Å². The molecule has 0 radical (unpaired) electrons. The first-order chi connectivity index (χ1) is 15.0. The van der Waals surface area contributed by atoms with E-state index in [-0.39, 0.29) is 11.5 Å². The van der Waals surface area contributed by atoms with Gasteiger partial charge in [0.25, 0.3) is 11.8 Å². The van der Waals surface area contributed by atoms with Gasteiger partial charge in [-0.25, -0.2) is 0 Å². The number of hydrogen-bond donors (Lipinski definition) is 0. The standard InChI is InChI=1S/C25H30N2O4/c1-5-8-9-10-13-27-24(28)20(18(4)21(17-26)25(27)29)15-19-11-12-22(31-14-6-2)23(16-19)30-7-3/h6,11-12,15-16H,2,5,7-10,13-14H2,1,3-4H3/b20-15+. The second kappa shape index (κ2) is 11.8. The SMILES string of the molecule is C=CCOc1ccc(/C=C2/C(=O)N(CCCCCC)C(=O)C(C#N)=C2C)cc1OCC. The molecular formula is C25H30N2O4. The van der Waals surface area contributed by atoms with E-state index in [2.05, 4.69) is 13.5 Å². The van der Waals surface area contributed by atoms with Gasteiger partial charge in [-0.05, 0) is 49.6 Å². The summed E-state index contributed by atoms with van der Waals surface area (Å²) in [6.45, 7) is 10.4. The van der Waals surface area contributed by atoms with Gasteiger partial charge in [0.2, 0.25) is 0 Å². The maximum atomic E-state index is 13.1. The van der Waals surface area contributed by atoms with Gasteiger partial charge in [0.1, 0.15) is 18.2 Å². The van der Waals surface area contributed by atoms with Crippen LogP contribution in [0.2, 0.25) is 0 Å². The van der Waals surface area contributed by atoms with E-state index in [0.717, 1.165) is 31.2 Å². The van der Waals surface area contributed by atoms with E-state index < -0.39 is 5.91 Å². The molecule has 1 aromatic carbocycles. The zero-order valence-electron chi connectivity index (χ0n) is 18.6. The van der Waals surface area contributed by atoms with Crippen molar-refractivity contribution < 1.29 is 19.1 Å². The molecule has 0 N–H and O–H groups in total. The highest BCUT2D eigenvalue weighted by atomic mass is 16.5. The smallest absolute Gasteiger partial charge is 0.271 e. The summed E-state index contributed by atoms with van der Waals surface area (Å²) < 4.78 is 11.3. The average Bonchev–Trinajstić information content (AvgIpc) is 2.76. The molecule has 0 aliphatic carbocycles. The summed E-state index contributed by atoms with van der Waals surface area (Å²) in [6.07, 6.45) is 7.10. The zero-order valence-corrected chi connectivity index (χ0v) is 18.6. The van der Waals surface area contributed by atoms with Gasteiger partial charge < -0.3 is 9.47 Å². The van der Waals surface area contributed by atoms with E-state index in [0.29, 0.717) is 42.4 Å². The largest absolute Gasteiger partial charge is 0.490 e. The maximum absolute atomic E-state index is 13.1. The number of ether oxygens (including phenoxy) is 2. The second-order valence-electron chi connectivity index (χ2n) is 7.23. The van der Waals surface area contributed by atoms with E-state index in [1.54, 1.807) is 31.2 Å². The predicted molar refractivity (Wildman–Crippen MR) is 120 cm³/mol. The number of benzene rings is 1. The number of nitrogens with zero attached hydrogens (tertiary/aromatic N) is 2. The van der Waals surface area contributed by atoms with Crippen LogP contribution in [0.15, 0.2) is 47.6 Å². The second-order valence-corrected chi connectivity index (χ2v) is 7.23. The molecule has 164 valence electrons. The fourth-order valence-electron chi connectivity index (χ4n) is 3.35. The van der Waals surface area contributed by atoms with Crippen molar-refractivity contribution in [1.82, 2.24) is 4.90 Å². The summed E-state index contributed by atoms with van der Waals surface area (Å²) in [7, 11) is 0. The third-order valence-corrected chi connectivity index (χ3v) is 5.00. The molecule has 0 unspecified atom stereocenters. The first-order valence-corrected chi connectivity index (χ1v) is 10.7. The highest BCUT2D eigenvalue weighted by molar-refractivity contribution is 6.19. The number of nitriles is 1. The Labute approximate surface area is 184 Å². The van der Waals surface area contributed by atoms with Crippen LogP contribution in [-0.2, 0) is 9.59 Å². The molecular weight excluding hydrogens is 392 g/mol. The molecule has 1 aromatic rings. The number of carbonyl (C=O) groups is 2. The quantitative estimate of drug-likeness (QED) is 0.221. The first kappa shape index (κ1) is 23.9. The molecule has 31 heavy (non-hydrogen) atoms. The van der Waals surface area contributed by atoms with E-state index in [4.69, 9.17) is 9.47 Å². The van der Waals surface area contributed by atoms with Crippen LogP contribution in [0.1, 0.15) is 52.0 Å². The van der Waals surface area contributed by atoms with Crippen molar-refractivity contribution in [2.75, 3.05) is 19.8 Å². The van der Waals surface area contributed by atoms with Gasteiger partial charge >= 0.3 is 0 Å². The lowest BCUT2D eigenvalue weighted by Crippen LogP contribution is -2.43. The number of imide groups is 1. The van der Waals surface area contributed by atoms with Crippen molar-refractivity contribution in [3.05, 3.63) is 53.1 Å². The molecule has 6 nitrogen and oxygen atoms in total. The van der Waals surface area contributed by atoms with Crippen LogP contribution in [0.5, 0.6) is 11.5 Å². The van der Waals surface area contributed by atoms with Crippen LogP contribution >= 0.6 is 0 Å². The summed E-state index contributed by atoms with van der Waals surface area (Å²) >= 11 is 0. The average molecular weight is 423 g/mol. The Morgan fingerprint density at radius 1 is 1.10 bits per heavy atom. The van der Waals surface area contributed by atoms with Gasteiger partial charge in [-0.2, -0.15) is 5.26 Å². The summed E-state index contributed by atoms with van der Waals surface area (Å²) in [5.41, 5.74) is 1.47. The molecule has 1 aliphatic heterocycles. The Balaban J connectivity index is 2.41. The minimum absolute atomic E-state index is 0.0114. The Morgan fingerprint density at radius 3 is 2.52 bits per heavy atom. The Morgan fingerprint density at radius 2 is 1.87 bits per heavy atom. The molecule has 0 atom stereocenters. The van der Waals surface area contributed by atoms with Gasteiger partial charge in [-0.3, -0.25) is 14.5 Å². The van der Waals surface area contributed by atoms with Crippen LogP contribution < -0.4 is 9.47 Å². The molecule has 0 bridgehead atoms. The van der Waals surface area contributed by atoms with Crippen molar-refractivity contribution in [3.63, 3.8) is 0 Å². The molecule has 0 saturated carbocycles. The minimum Gasteiger partial charge on any atom is -0.490 e. The van der Waals surface area contributed by atoms with Gasteiger partial charge in [0.15, 0.2) is 11.5 Å². The van der Waals surface area contributed by atoms with E-state index in [1.807, 2.05) is 19.1 Å². The maximum Gasteiger partial charge on any atom is 0.271 e. The van der Waals surface area contributed by atoms with Crippen molar-refractivity contribution in [2.45, 2.75) is 46.5 Å². The molecule has 2 rings (SSSR count). The molecule has 2 amide bonds. The predicted octanol–water partition coefficient (Wildman–Crippen LogP) is 4.82. The summed E-state index contributed by atoms with van der Waals surface area (Å²) in [5, 5.41) is 9.52. The normalized spacial score (nSPS) is 15.3. The van der Waals surface area contributed by atoms with Gasteiger partial charge in [0, 0.05) is 12.1 Å². The molecule has 0 spiro atoms. The number of carbonyl (C=O) groups excluding carboxylic acids is 2. The summed E-state index contributed by atoms with van der Waals surface area (Å²) in [5.74, 6) is 0.248. The van der Waals surface area contributed by atoms with E-state index >= 15 is 0 Å². The van der Waals surface area contributed by atoms with Crippen molar-refractivity contribution in [2.24, 2.45) is 0 Å². The fraction of sp³-hybridized carbons (Fsp3) is 0.400. The Hall–Kier alpha value is -3.33. The monoisotopic (exact) mass is 422 g/mol. The minimum atomic E-state index is -0.512. The third-order valence-electron chi connectivity index (χ3n) is 5.00. The highest BCUT2D eigenvalue weighted by Gasteiger charge is 2.35. The fourth-order valence-corrected chi connectivity index (χ4v) is 3.35. The number of amides is 2. The zero-order chi connectivity index (χ0) is 22.8. The lowest BCUT2D eigenvalue weighted by molar-refractivity contribution is -0.140. The Bertz CT molecular complexity index is 937. The summed E-state index contributed by atoms with van der Waals surface area (Å²) in [4.78, 5) is 27.0. The van der Waals surface area contributed by atoms with Crippen molar-refractivity contribution in [3.8, 4) is 17.6 Å². The molecule has 0 aromatic heterocycles. The number of unbranched alkanes of at least 4 members (excludes halogenated alkanes) is 3. The third kappa shape index (κ3) is 5.85. The van der Waals surface area contributed by atoms with Gasteiger partial charge in [-0.1, -0.05) is 44.9 Å². The lowest BCUT2D eigenvalue weighted by Gasteiger charge is -2.27. The van der Waals surface area contributed by atoms with Gasteiger partial charge in [0.05, 0.1) is 6.61 Å². The van der Waals surface area contributed by atoms with Crippen molar-refractivity contribution in [1.29, 1.82) is 5.26 Å². The summed E-state index contributed by atoms with van der Waals surface area (Å²) in [6, 6.07) is 7.34. The first-order valence-electron chi connectivity index (χ1n) is 10.7. The van der Waals surface area contributed by atoms with Crippen LogP contribution in [0.25, 0.3) is 6.08 Å². The molecule has 1 aliphatic rings. The highest BCUT2D eigenvalue weighted by Crippen LogP contribution is 2.32. The van der Waals surface area contributed by atoms with Crippen molar-refractivity contribution >= 4 is 17.9 Å². The van der Waals surface area contributed by atoms with Crippen LogP contribution in [0, 0.1) is 11.3 Å². The van der Waals surface area contributed by atoms with E-state index in [1.165, 1.54) is 4.90 Å². The van der Waals surface area contributed by atoms with Gasteiger partial charge in [-0.15, -0.1) is 0 Å². The lowest BCUT2D eigenvalue weighted by atomic mass is 9.93. The van der Waals surface area contributed by atoms with Crippen LogP contribution in [0.4, 0.5) is 0 Å². The molecule has 0 fully saturated rings. The number of rotatable bonds is 11. The molecule has 0 saturated heterocycles. The van der Waals surface area contributed by atoms with Crippen LogP contribution in [-0.4, -0.2) is 36.5 Å². The molecule has 1 heterocycles. The Kier molecular flexibility index (Phi) is 9.08. The number of hydrogen-bond acceptors (Lipinski definition) is 5. The topological polar surface area (TPSA) is 79.6 Å². The molecule has 6 heteroatoms.